The molecule has 0 amide bonds. The molecule has 32 valence electrons. The summed E-state index contributed by atoms with van der Waals surface area (Å²) in [5.74, 6) is 0.749. The Kier molecular flexibility index (Phi) is 0.696. The maximum Gasteiger partial charge on any atom is 0.109 e. The van der Waals surface area contributed by atoms with E-state index in [2.05, 4.69) is 0 Å². The lowest BCUT2D eigenvalue weighted by Gasteiger charge is -2.11. The van der Waals surface area contributed by atoms with Crippen LogP contribution < -0.4 is 0 Å². The third kappa shape index (κ3) is 0.354. The SMILES string of the molecule is N=C1CSC1=N. The largest absolute Gasteiger partial charge is 0.302 e. The molecule has 0 atom stereocenters. The minimum Gasteiger partial charge on any atom is -0.302 e. The summed E-state index contributed by atoms with van der Waals surface area (Å²) in [6.07, 6.45) is 0. The first kappa shape index (κ1) is 3.87. The Morgan fingerprint density at radius 3 is 2.00 bits per heavy atom. The van der Waals surface area contributed by atoms with Crippen molar-refractivity contribution in [2.75, 3.05) is 5.75 Å². The molecule has 3 heteroatoms. The lowest BCUT2D eigenvalue weighted by molar-refractivity contribution is 1.48. The summed E-state index contributed by atoms with van der Waals surface area (Å²) in [5.41, 5.74) is 0.486. The highest BCUT2D eigenvalue weighted by Gasteiger charge is 2.15. The average molecular weight is 100 g/mol. The van der Waals surface area contributed by atoms with E-state index < -0.39 is 0 Å². The zero-order valence-corrected chi connectivity index (χ0v) is 3.93. The van der Waals surface area contributed by atoms with Crippen molar-refractivity contribution in [2.24, 2.45) is 0 Å². The van der Waals surface area contributed by atoms with Gasteiger partial charge < -0.3 is 5.41 Å². The van der Waals surface area contributed by atoms with Crippen molar-refractivity contribution in [3.8, 4) is 0 Å². The van der Waals surface area contributed by atoms with Gasteiger partial charge in [-0.2, -0.15) is 0 Å². The third-order valence-corrected chi connectivity index (χ3v) is 1.60. The summed E-state index contributed by atoms with van der Waals surface area (Å²) >= 11 is 1.43. The van der Waals surface area contributed by atoms with E-state index >= 15 is 0 Å². The molecular formula is C3H4N2S. The Bertz CT molecular complexity index is 93.4. The predicted molar refractivity (Wildman–Crippen MR) is 27.9 cm³/mol. The van der Waals surface area contributed by atoms with Gasteiger partial charge in [0.05, 0.1) is 5.71 Å². The number of hydrogen-bond acceptors (Lipinski definition) is 3. The summed E-state index contributed by atoms with van der Waals surface area (Å²) in [6.45, 7) is 0. The summed E-state index contributed by atoms with van der Waals surface area (Å²) in [4.78, 5) is 0. The first-order valence-corrected chi connectivity index (χ1v) is 2.58. The average Bonchev–Trinajstić information content (AvgIpc) is 1.61. The molecule has 0 radical (unpaired) electrons. The molecule has 1 heterocycles. The zero-order chi connectivity index (χ0) is 4.57. The van der Waals surface area contributed by atoms with E-state index in [1.807, 2.05) is 0 Å². The summed E-state index contributed by atoms with van der Waals surface area (Å²) in [5, 5.41) is 14.0. The van der Waals surface area contributed by atoms with Crippen LogP contribution in [0.1, 0.15) is 0 Å². The Balaban J connectivity index is 2.61. The Labute approximate surface area is 40.0 Å². The molecule has 2 nitrogen and oxygen atoms in total. The van der Waals surface area contributed by atoms with Gasteiger partial charge in [-0.1, -0.05) is 11.8 Å². The van der Waals surface area contributed by atoms with Crippen LogP contribution in [0.4, 0.5) is 0 Å². The van der Waals surface area contributed by atoms with Crippen molar-refractivity contribution in [1.82, 2.24) is 0 Å². The van der Waals surface area contributed by atoms with Gasteiger partial charge in [0.2, 0.25) is 0 Å². The number of nitrogens with one attached hydrogen (secondary N) is 2. The lowest BCUT2D eigenvalue weighted by Crippen LogP contribution is -2.22. The van der Waals surface area contributed by atoms with E-state index in [4.69, 9.17) is 10.8 Å². The normalized spacial score (nSPS) is 20.7. The van der Waals surface area contributed by atoms with E-state index in [0.29, 0.717) is 10.8 Å². The highest BCUT2D eigenvalue weighted by atomic mass is 32.2. The Hall–Kier alpha value is -0.310. The second-order valence-electron chi connectivity index (χ2n) is 1.10. The molecule has 0 aromatic carbocycles. The van der Waals surface area contributed by atoms with Crippen LogP contribution in [0.5, 0.6) is 0 Å². The van der Waals surface area contributed by atoms with Crippen molar-refractivity contribution in [3.05, 3.63) is 0 Å². The van der Waals surface area contributed by atoms with Crippen LogP contribution in [0.15, 0.2) is 0 Å². The van der Waals surface area contributed by atoms with Gasteiger partial charge in [0, 0.05) is 5.75 Å². The molecule has 0 aromatic rings. The first-order valence-electron chi connectivity index (χ1n) is 1.60. The second kappa shape index (κ2) is 1.08. The molecule has 0 aliphatic carbocycles. The third-order valence-electron chi connectivity index (χ3n) is 0.635. The summed E-state index contributed by atoms with van der Waals surface area (Å²) < 4.78 is 0. The maximum absolute atomic E-state index is 6.79. The van der Waals surface area contributed by atoms with Crippen molar-refractivity contribution in [2.45, 2.75) is 0 Å². The molecule has 1 saturated heterocycles. The van der Waals surface area contributed by atoms with Crippen molar-refractivity contribution in [3.63, 3.8) is 0 Å². The van der Waals surface area contributed by atoms with Crippen LogP contribution in [0.3, 0.4) is 0 Å². The quantitative estimate of drug-likeness (QED) is 0.463. The van der Waals surface area contributed by atoms with E-state index in [0.717, 1.165) is 5.75 Å². The van der Waals surface area contributed by atoms with Crippen LogP contribution >= 0.6 is 11.8 Å². The van der Waals surface area contributed by atoms with Crippen LogP contribution in [0.2, 0.25) is 0 Å². The van der Waals surface area contributed by atoms with Gasteiger partial charge in [0.1, 0.15) is 5.04 Å². The molecule has 1 rings (SSSR count). The predicted octanol–water partition coefficient (Wildman–Crippen LogP) is 0.730. The van der Waals surface area contributed by atoms with E-state index in [9.17, 15) is 0 Å². The monoisotopic (exact) mass is 100 g/mol. The summed E-state index contributed by atoms with van der Waals surface area (Å²) in [6, 6.07) is 0. The summed E-state index contributed by atoms with van der Waals surface area (Å²) in [7, 11) is 0. The molecule has 1 aliphatic heterocycles. The van der Waals surface area contributed by atoms with Gasteiger partial charge >= 0.3 is 0 Å². The first-order chi connectivity index (χ1) is 2.80. The fourth-order valence-electron chi connectivity index (χ4n) is 0.217. The van der Waals surface area contributed by atoms with Gasteiger partial charge in [0.15, 0.2) is 0 Å². The molecule has 1 fully saturated rings. The second-order valence-corrected chi connectivity index (χ2v) is 2.08. The van der Waals surface area contributed by atoms with Gasteiger partial charge in [-0.3, -0.25) is 5.41 Å². The van der Waals surface area contributed by atoms with Crippen LogP contribution in [0.25, 0.3) is 0 Å². The highest BCUT2D eigenvalue weighted by molar-refractivity contribution is 8.20. The molecule has 2 N–H and O–H groups in total. The number of rotatable bonds is 0. The van der Waals surface area contributed by atoms with Crippen molar-refractivity contribution in [1.29, 1.82) is 10.8 Å². The molecule has 0 saturated carbocycles. The lowest BCUT2D eigenvalue weighted by atomic mass is 10.4. The minimum absolute atomic E-state index is 0.440. The van der Waals surface area contributed by atoms with Crippen molar-refractivity contribution < 1.29 is 0 Å². The van der Waals surface area contributed by atoms with Crippen LogP contribution in [-0.4, -0.2) is 16.5 Å². The molecule has 0 unspecified atom stereocenters. The van der Waals surface area contributed by atoms with Gasteiger partial charge in [-0.15, -0.1) is 0 Å². The van der Waals surface area contributed by atoms with Gasteiger partial charge in [0.25, 0.3) is 0 Å². The minimum atomic E-state index is 0.440. The standard InChI is InChI=1S/C3H4N2S/c4-2-1-6-3(2)5/h4-5H,1H2. The van der Waals surface area contributed by atoms with Gasteiger partial charge in [-0.25, -0.2) is 0 Å². The van der Waals surface area contributed by atoms with Crippen LogP contribution in [0, 0.1) is 10.8 Å². The van der Waals surface area contributed by atoms with E-state index in [1.165, 1.54) is 11.8 Å². The smallest absolute Gasteiger partial charge is 0.109 e. The molecule has 0 bridgehead atoms. The highest BCUT2D eigenvalue weighted by Crippen LogP contribution is 2.14. The molecule has 0 spiro atoms. The topological polar surface area (TPSA) is 47.7 Å². The number of thioether (sulfide) groups is 1. The fourth-order valence-corrected chi connectivity index (χ4v) is 0.650. The Morgan fingerprint density at radius 1 is 1.50 bits per heavy atom. The molecule has 6 heavy (non-hydrogen) atoms. The maximum atomic E-state index is 6.79. The van der Waals surface area contributed by atoms with Gasteiger partial charge in [-0.05, 0) is 0 Å². The fraction of sp³-hybridized carbons (Fsp3) is 0.333. The molecule has 1 aliphatic rings. The molecule has 0 aromatic heterocycles. The van der Waals surface area contributed by atoms with E-state index in [-0.39, 0.29) is 0 Å². The molecular weight excluding hydrogens is 96.1 g/mol. The number of hydrogen-bond donors (Lipinski definition) is 2. The van der Waals surface area contributed by atoms with E-state index in [1.54, 1.807) is 0 Å². The Morgan fingerprint density at radius 2 is 2.00 bits per heavy atom. The van der Waals surface area contributed by atoms with Crippen LogP contribution in [-0.2, 0) is 0 Å². The van der Waals surface area contributed by atoms with Crippen molar-refractivity contribution >= 4 is 22.5 Å². The zero-order valence-electron chi connectivity index (χ0n) is 3.12.